The molecule has 8 heavy (non-hydrogen) atoms. The van der Waals surface area contributed by atoms with E-state index < -0.39 is 10.9 Å². The third-order valence-corrected chi connectivity index (χ3v) is 0.449. The number of nitro groups is 1. The lowest BCUT2D eigenvalue weighted by Crippen LogP contribution is -2.15. The number of methoxy groups -OCH3 is 1. The van der Waals surface area contributed by atoms with Crippen LogP contribution >= 0.6 is 0 Å². The summed E-state index contributed by atoms with van der Waals surface area (Å²) in [6, 6.07) is -0.690. The van der Waals surface area contributed by atoms with E-state index in [4.69, 9.17) is 0 Å². The molecule has 0 fully saturated rings. The molecule has 0 amide bonds. The van der Waals surface area contributed by atoms with Crippen LogP contribution in [0.15, 0.2) is 5.10 Å². The lowest BCUT2D eigenvalue weighted by Gasteiger charge is -1.90. The molecule has 46 valence electrons. The number of hydrogen-bond acceptors (Lipinski definition) is 5. The fraction of sp³-hybridized carbons (Fsp3) is 0.500. The van der Waals surface area contributed by atoms with Crippen molar-refractivity contribution in [1.29, 1.82) is 0 Å². The highest BCUT2D eigenvalue weighted by Crippen LogP contribution is 1.75. The first-order valence-corrected chi connectivity index (χ1v) is 1.68. The Kier molecular flexibility index (Phi) is 2.32. The molecular formula is C2H5N3O3. The zero-order valence-corrected chi connectivity index (χ0v) is 4.20. The van der Waals surface area contributed by atoms with Gasteiger partial charge in [0.05, 0.1) is 12.2 Å². The SMILES string of the molecule is CO/C(=N/N)[N+](=O)[O-]. The summed E-state index contributed by atoms with van der Waals surface area (Å²) >= 11 is 0. The maximum atomic E-state index is 9.63. The Morgan fingerprint density at radius 2 is 2.50 bits per heavy atom. The van der Waals surface area contributed by atoms with Crippen LogP contribution in [-0.4, -0.2) is 18.1 Å². The summed E-state index contributed by atoms with van der Waals surface area (Å²) in [7, 11) is 1.12. The molecule has 0 spiro atoms. The van der Waals surface area contributed by atoms with Crippen molar-refractivity contribution < 1.29 is 9.66 Å². The van der Waals surface area contributed by atoms with Crippen molar-refractivity contribution in [2.24, 2.45) is 10.9 Å². The van der Waals surface area contributed by atoms with Gasteiger partial charge in [-0.1, -0.05) is 0 Å². The number of rotatable bonds is 0. The summed E-state index contributed by atoms with van der Waals surface area (Å²) < 4.78 is 4.09. The van der Waals surface area contributed by atoms with E-state index in [0.717, 1.165) is 7.11 Å². The number of hydrogen-bond donors (Lipinski definition) is 1. The van der Waals surface area contributed by atoms with Crippen molar-refractivity contribution in [3.63, 3.8) is 0 Å². The predicted molar refractivity (Wildman–Crippen MR) is 25.6 cm³/mol. The van der Waals surface area contributed by atoms with Crippen molar-refractivity contribution in [1.82, 2.24) is 0 Å². The van der Waals surface area contributed by atoms with Gasteiger partial charge in [-0.25, -0.2) is 5.84 Å². The van der Waals surface area contributed by atoms with Crippen molar-refractivity contribution in [3.05, 3.63) is 10.1 Å². The Balaban J connectivity index is 3.92. The van der Waals surface area contributed by atoms with Gasteiger partial charge in [-0.05, 0) is 0 Å². The quantitative estimate of drug-likeness (QED) is 0.148. The smallest absolute Gasteiger partial charge is 0.427 e. The topological polar surface area (TPSA) is 90.8 Å². The van der Waals surface area contributed by atoms with Crippen LogP contribution in [0.1, 0.15) is 0 Å². The van der Waals surface area contributed by atoms with E-state index >= 15 is 0 Å². The van der Waals surface area contributed by atoms with Gasteiger partial charge >= 0.3 is 6.02 Å². The van der Waals surface area contributed by atoms with Crippen LogP contribution in [0, 0.1) is 10.1 Å². The summed E-state index contributed by atoms with van der Waals surface area (Å²) in [6.45, 7) is 0. The van der Waals surface area contributed by atoms with E-state index in [1.807, 2.05) is 0 Å². The molecule has 2 N–H and O–H groups in total. The summed E-state index contributed by atoms with van der Waals surface area (Å²) in [5, 5.41) is 12.3. The predicted octanol–water partition coefficient (Wildman–Crippen LogP) is -0.861. The van der Waals surface area contributed by atoms with Gasteiger partial charge in [0.15, 0.2) is 0 Å². The van der Waals surface area contributed by atoms with Gasteiger partial charge in [0.2, 0.25) is 0 Å². The first kappa shape index (κ1) is 6.67. The number of amidine groups is 1. The van der Waals surface area contributed by atoms with Crippen molar-refractivity contribution in [2.45, 2.75) is 0 Å². The second kappa shape index (κ2) is 2.78. The number of nitrogens with two attached hydrogens (primary N) is 1. The van der Waals surface area contributed by atoms with Crippen LogP contribution in [0.4, 0.5) is 0 Å². The Morgan fingerprint density at radius 1 is 2.00 bits per heavy atom. The summed E-state index contributed by atoms with van der Waals surface area (Å²) in [6.07, 6.45) is 0. The molecule has 0 rings (SSSR count). The molecule has 0 aromatic carbocycles. The molecule has 0 saturated carbocycles. The van der Waals surface area contributed by atoms with Gasteiger partial charge in [-0.2, -0.15) is 0 Å². The Morgan fingerprint density at radius 3 is 2.50 bits per heavy atom. The molecule has 0 aromatic rings. The first-order valence-electron chi connectivity index (χ1n) is 1.68. The van der Waals surface area contributed by atoms with Crippen molar-refractivity contribution in [3.8, 4) is 0 Å². The van der Waals surface area contributed by atoms with Crippen molar-refractivity contribution in [2.75, 3.05) is 7.11 Å². The second-order valence-electron chi connectivity index (χ2n) is 0.873. The van der Waals surface area contributed by atoms with Crippen LogP contribution in [0.25, 0.3) is 0 Å². The highest BCUT2D eigenvalue weighted by atomic mass is 16.7. The van der Waals surface area contributed by atoms with Gasteiger partial charge in [-0.15, -0.1) is 0 Å². The molecular weight excluding hydrogens is 114 g/mol. The third-order valence-electron chi connectivity index (χ3n) is 0.449. The summed E-state index contributed by atoms with van der Waals surface area (Å²) in [5.74, 6) is 4.51. The minimum Gasteiger partial charge on any atom is -0.427 e. The number of hydrazone groups is 1. The van der Waals surface area contributed by atoms with Gasteiger partial charge in [0.25, 0.3) is 0 Å². The molecule has 0 aliphatic carbocycles. The molecule has 0 unspecified atom stereocenters. The molecule has 6 nitrogen and oxygen atoms in total. The van der Waals surface area contributed by atoms with E-state index in [2.05, 4.69) is 15.7 Å². The molecule has 0 aliphatic heterocycles. The largest absolute Gasteiger partial charge is 0.561 e. The van der Waals surface area contributed by atoms with E-state index in [0.29, 0.717) is 0 Å². The lowest BCUT2D eigenvalue weighted by atomic mass is 11.1. The van der Waals surface area contributed by atoms with E-state index in [1.54, 1.807) is 0 Å². The molecule has 0 aromatic heterocycles. The summed E-state index contributed by atoms with van der Waals surface area (Å²) in [5.41, 5.74) is 0. The molecule has 0 saturated heterocycles. The minimum absolute atomic E-state index is 0.690. The second-order valence-corrected chi connectivity index (χ2v) is 0.873. The molecule has 0 radical (unpaired) electrons. The molecule has 0 aliphatic rings. The number of ether oxygens (including phenoxy) is 1. The van der Waals surface area contributed by atoms with E-state index in [1.165, 1.54) is 0 Å². The average Bonchev–Trinajstić information content (AvgIpc) is 1.69. The highest BCUT2D eigenvalue weighted by Gasteiger charge is 2.08. The Hall–Kier alpha value is -1.33. The van der Waals surface area contributed by atoms with Gasteiger partial charge in [0, 0.05) is 4.92 Å². The standard InChI is InChI=1S/C2H5N3O3/c1-8-2(4-3)5(6)7/h3H2,1H3/b4-2+. The lowest BCUT2D eigenvalue weighted by molar-refractivity contribution is -0.373. The maximum absolute atomic E-state index is 9.63. The minimum atomic E-state index is -0.819. The van der Waals surface area contributed by atoms with Crippen molar-refractivity contribution >= 4 is 6.02 Å². The molecule has 0 atom stereocenters. The Labute approximate surface area is 45.1 Å². The summed E-state index contributed by atoms with van der Waals surface area (Å²) in [4.78, 5) is 8.81. The van der Waals surface area contributed by atoms with Crippen LogP contribution in [-0.2, 0) is 4.74 Å². The monoisotopic (exact) mass is 119 g/mol. The average molecular weight is 119 g/mol. The molecule has 6 heteroatoms. The fourth-order valence-electron chi connectivity index (χ4n) is 0.174. The van der Waals surface area contributed by atoms with Gasteiger partial charge in [-0.3, -0.25) is 0 Å². The Bertz CT molecular complexity index is 120. The van der Waals surface area contributed by atoms with Crippen LogP contribution in [0.5, 0.6) is 0 Å². The van der Waals surface area contributed by atoms with Crippen LogP contribution in [0.2, 0.25) is 0 Å². The van der Waals surface area contributed by atoms with Gasteiger partial charge < -0.3 is 14.9 Å². The number of nitrogens with zero attached hydrogens (tertiary/aromatic N) is 2. The van der Waals surface area contributed by atoms with Gasteiger partial charge in [0.1, 0.15) is 0 Å². The zero-order chi connectivity index (χ0) is 6.57. The third kappa shape index (κ3) is 1.41. The van der Waals surface area contributed by atoms with Crippen LogP contribution < -0.4 is 5.84 Å². The maximum Gasteiger partial charge on any atom is 0.561 e. The zero-order valence-electron chi connectivity index (χ0n) is 4.20. The first-order chi connectivity index (χ1) is 3.72. The highest BCUT2D eigenvalue weighted by molar-refractivity contribution is 5.63. The normalized spacial score (nSPS) is 10.9. The van der Waals surface area contributed by atoms with Crippen LogP contribution in [0.3, 0.4) is 0 Å². The van der Waals surface area contributed by atoms with E-state index in [-0.39, 0.29) is 0 Å². The molecule has 0 bridgehead atoms. The fourth-order valence-corrected chi connectivity index (χ4v) is 0.174. The van der Waals surface area contributed by atoms with E-state index in [9.17, 15) is 10.1 Å². The molecule has 0 heterocycles.